The Morgan fingerprint density at radius 3 is 2.16 bits per heavy atom. The molecule has 1 nitrogen and oxygen atoms in total. The maximum absolute atomic E-state index is 3.57. The Bertz CT molecular complexity index is 562. The van der Waals surface area contributed by atoms with E-state index in [1.54, 1.807) is 0 Å². The van der Waals surface area contributed by atoms with Crippen molar-refractivity contribution in [3.8, 4) is 0 Å². The maximum Gasteiger partial charge on any atom is 0.0426 e. The lowest BCUT2D eigenvalue weighted by Crippen LogP contribution is -2.45. The van der Waals surface area contributed by atoms with Crippen LogP contribution < -0.4 is 4.90 Å². The second-order valence-corrected chi connectivity index (χ2v) is 6.32. The molecule has 0 radical (unpaired) electrons. The first kappa shape index (κ1) is 12.7. The van der Waals surface area contributed by atoms with Gasteiger partial charge >= 0.3 is 0 Å². The minimum absolute atomic E-state index is 0.684. The SMILES string of the molecule is Cc1cc(Br)cc(C)c1N1CC(c2ccccc2)C1. The number of nitrogens with zero attached hydrogens (tertiary/aromatic N) is 1. The summed E-state index contributed by atoms with van der Waals surface area (Å²) in [5, 5.41) is 0. The van der Waals surface area contributed by atoms with Crippen LogP contribution in [0.4, 0.5) is 5.69 Å². The fourth-order valence-electron chi connectivity index (χ4n) is 3.00. The predicted octanol–water partition coefficient (Wildman–Crippen LogP) is 4.67. The Balaban J connectivity index is 1.78. The monoisotopic (exact) mass is 315 g/mol. The quantitative estimate of drug-likeness (QED) is 0.778. The first-order valence-corrected chi connectivity index (χ1v) is 7.51. The van der Waals surface area contributed by atoms with E-state index in [4.69, 9.17) is 0 Å². The fraction of sp³-hybridized carbons (Fsp3) is 0.294. The van der Waals surface area contributed by atoms with Crippen LogP contribution in [0.15, 0.2) is 46.9 Å². The largest absolute Gasteiger partial charge is 0.370 e. The van der Waals surface area contributed by atoms with Crippen molar-refractivity contribution in [2.75, 3.05) is 18.0 Å². The van der Waals surface area contributed by atoms with Gasteiger partial charge in [0, 0.05) is 29.2 Å². The summed E-state index contributed by atoms with van der Waals surface area (Å²) in [5.74, 6) is 0.684. The van der Waals surface area contributed by atoms with Crippen molar-refractivity contribution in [2.45, 2.75) is 19.8 Å². The minimum atomic E-state index is 0.684. The Hall–Kier alpha value is -1.28. The molecule has 2 aromatic rings. The van der Waals surface area contributed by atoms with E-state index in [9.17, 15) is 0 Å². The van der Waals surface area contributed by atoms with Gasteiger partial charge in [-0.2, -0.15) is 0 Å². The lowest BCUT2D eigenvalue weighted by Gasteiger charge is -2.43. The summed E-state index contributed by atoms with van der Waals surface area (Å²) < 4.78 is 1.17. The predicted molar refractivity (Wildman–Crippen MR) is 85.0 cm³/mol. The number of rotatable bonds is 2. The molecule has 0 N–H and O–H groups in total. The van der Waals surface area contributed by atoms with E-state index >= 15 is 0 Å². The van der Waals surface area contributed by atoms with Crippen LogP contribution in [0.25, 0.3) is 0 Å². The molecule has 19 heavy (non-hydrogen) atoms. The van der Waals surface area contributed by atoms with Crippen molar-refractivity contribution in [3.63, 3.8) is 0 Å². The van der Waals surface area contributed by atoms with Gasteiger partial charge in [0.05, 0.1) is 0 Å². The molecular formula is C17H18BrN. The highest BCUT2D eigenvalue weighted by Gasteiger charge is 2.29. The second kappa shape index (κ2) is 5.01. The van der Waals surface area contributed by atoms with Gasteiger partial charge in [0.1, 0.15) is 0 Å². The molecular weight excluding hydrogens is 298 g/mol. The van der Waals surface area contributed by atoms with Crippen LogP contribution in [0.2, 0.25) is 0 Å². The topological polar surface area (TPSA) is 3.24 Å². The first-order valence-electron chi connectivity index (χ1n) is 6.72. The van der Waals surface area contributed by atoms with Crippen molar-refractivity contribution in [1.29, 1.82) is 0 Å². The highest BCUT2D eigenvalue weighted by atomic mass is 79.9. The van der Waals surface area contributed by atoms with Crippen LogP contribution in [0.1, 0.15) is 22.6 Å². The molecule has 0 saturated carbocycles. The lowest BCUT2D eigenvalue weighted by molar-refractivity contribution is 0.523. The molecule has 3 rings (SSSR count). The number of benzene rings is 2. The molecule has 1 aliphatic heterocycles. The summed E-state index contributed by atoms with van der Waals surface area (Å²) in [5.41, 5.74) is 5.60. The maximum atomic E-state index is 3.57. The number of hydrogen-bond donors (Lipinski definition) is 0. The molecule has 0 bridgehead atoms. The number of anilines is 1. The van der Waals surface area contributed by atoms with Gasteiger partial charge < -0.3 is 4.90 Å². The molecule has 0 atom stereocenters. The van der Waals surface area contributed by atoms with Gasteiger partial charge in [-0.15, -0.1) is 0 Å². The molecule has 1 aliphatic rings. The minimum Gasteiger partial charge on any atom is -0.370 e. The van der Waals surface area contributed by atoms with Crippen molar-refractivity contribution in [1.82, 2.24) is 0 Å². The third-order valence-corrected chi connectivity index (χ3v) is 4.38. The van der Waals surface area contributed by atoms with Crippen LogP contribution >= 0.6 is 15.9 Å². The molecule has 2 aromatic carbocycles. The van der Waals surface area contributed by atoms with E-state index in [1.165, 1.54) is 26.9 Å². The van der Waals surface area contributed by atoms with Crippen LogP contribution in [0.3, 0.4) is 0 Å². The van der Waals surface area contributed by atoms with Crippen LogP contribution in [0.5, 0.6) is 0 Å². The highest BCUT2D eigenvalue weighted by molar-refractivity contribution is 9.10. The Labute approximate surface area is 123 Å². The van der Waals surface area contributed by atoms with E-state index in [2.05, 4.69) is 77.1 Å². The standard InChI is InChI=1S/C17H18BrN/c1-12-8-16(18)9-13(2)17(12)19-10-15(11-19)14-6-4-3-5-7-14/h3-9,15H,10-11H2,1-2H3. The zero-order chi connectivity index (χ0) is 13.4. The van der Waals surface area contributed by atoms with Crippen LogP contribution in [-0.4, -0.2) is 13.1 Å². The second-order valence-electron chi connectivity index (χ2n) is 5.40. The molecule has 0 amide bonds. The van der Waals surface area contributed by atoms with Crippen molar-refractivity contribution in [2.24, 2.45) is 0 Å². The Morgan fingerprint density at radius 1 is 1.00 bits per heavy atom. The average Bonchev–Trinajstić information content (AvgIpc) is 2.32. The third-order valence-electron chi connectivity index (χ3n) is 3.92. The molecule has 0 aromatic heterocycles. The van der Waals surface area contributed by atoms with Crippen LogP contribution in [-0.2, 0) is 0 Å². The lowest BCUT2D eigenvalue weighted by atomic mass is 9.90. The summed E-state index contributed by atoms with van der Waals surface area (Å²) in [6, 6.07) is 15.2. The summed E-state index contributed by atoms with van der Waals surface area (Å²) in [7, 11) is 0. The fourth-order valence-corrected chi connectivity index (χ4v) is 3.69. The molecule has 0 spiro atoms. The van der Waals surface area contributed by atoms with Crippen molar-refractivity contribution >= 4 is 21.6 Å². The number of aryl methyl sites for hydroxylation is 2. The molecule has 1 saturated heterocycles. The van der Waals surface area contributed by atoms with Crippen molar-refractivity contribution in [3.05, 3.63) is 63.6 Å². The summed E-state index contributed by atoms with van der Waals surface area (Å²) in [6.45, 7) is 6.66. The van der Waals surface area contributed by atoms with Gasteiger partial charge in [0.25, 0.3) is 0 Å². The summed E-state index contributed by atoms with van der Waals surface area (Å²) in [4.78, 5) is 2.49. The molecule has 98 valence electrons. The molecule has 1 fully saturated rings. The van der Waals surface area contributed by atoms with Gasteiger partial charge in [-0.1, -0.05) is 46.3 Å². The smallest absolute Gasteiger partial charge is 0.0426 e. The number of halogens is 1. The van der Waals surface area contributed by atoms with Crippen molar-refractivity contribution < 1.29 is 0 Å². The molecule has 2 heteroatoms. The van der Waals surface area contributed by atoms with Crippen LogP contribution in [0, 0.1) is 13.8 Å². The normalized spacial score (nSPS) is 15.4. The third kappa shape index (κ3) is 2.42. The first-order chi connectivity index (χ1) is 9.15. The zero-order valence-corrected chi connectivity index (χ0v) is 12.9. The molecule has 0 unspecified atom stereocenters. The molecule has 1 heterocycles. The average molecular weight is 316 g/mol. The highest BCUT2D eigenvalue weighted by Crippen LogP contribution is 2.36. The zero-order valence-electron chi connectivity index (χ0n) is 11.4. The van der Waals surface area contributed by atoms with E-state index < -0.39 is 0 Å². The molecule has 0 aliphatic carbocycles. The summed E-state index contributed by atoms with van der Waals surface area (Å²) >= 11 is 3.57. The van der Waals surface area contributed by atoms with Gasteiger partial charge in [-0.05, 0) is 42.7 Å². The van der Waals surface area contributed by atoms with Gasteiger partial charge in [-0.25, -0.2) is 0 Å². The van der Waals surface area contributed by atoms with Gasteiger partial charge in [-0.3, -0.25) is 0 Å². The van der Waals surface area contributed by atoms with Gasteiger partial charge in [0.2, 0.25) is 0 Å². The van der Waals surface area contributed by atoms with E-state index in [0.29, 0.717) is 5.92 Å². The summed E-state index contributed by atoms with van der Waals surface area (Å²) in [6.07, 6.45) is 0. The van der Waals surface area contributed by atoms with Gasteiger partial charge in [0.15, 0.2) is 0 Å². The number of hydrogen-bond acceptors (Lipinski definition) is 1. The Kier molecular flexibility index (Phi) is 3.36. The van der Waals surface area contributed by atoms with E-state index in [1.807, 2.05) is 0 Å². The Morgan fingerprint density at radius 2 is 1.58 bits per heavy atom. The van der Waals surface area contributed by atoms with E-state index in [-0.39, 0.29) is 0 Å². The van der Waals surface area contributed by atoms with E-state index in [0.717, 1.165) is 13.1 Å².